The van der Waals surface area contributed by atoms with E-state index >= 15 is 0 Å². The molecule has 0 bridgehead atoms. The van der Waals surface area contributed by atoms with Crippen molar-refractivity contribution in [3.63, 3.8) is 0 Å². The number of nitro groups is 1. The Morgan fingerprint density at radius 2 is 1.93 bits per heavy atom. The Morgan fingerprint density at radius 3 is 2.50 bits per heavy atom. The molecule has 13 heteroatoms. The first-order valence-electron chi connectivity index (χ1n) is 8.04. The summed E-state index contributed by atoms with van der Waals surface area (Å²) in [6, 6.07) is 10.7. The Kier molecular flexibility index (Phi) is 8.51. The fraction of sp³-hybridized carbons (Fsp3) is 0.176. The maximum absolute atomic E-state index is 12.5. The highest BCUT2D eigenvalue weighted by molar-refractivity contribution is 9.10. The lowest BCUT2D eigenvalue weighted by molar-refractivity contribution is -0.384. The molecule has 2 aromatic rings. The van der Waals surface area contributed by atoms with E-state index in [1.807, 2.05) is 0 Å². The Balaban J connectivity index is 2.16. The van der Waals surface area contributed by atoms with Crippen LogP contribution in [-0.2, 0) is 0 Å². The minimum atomic E-state index is -1.99. The van der Waals surface area contributed by atoms with E-state index in [-0.39, 0.29) is 16.5 Å². The molecule has 0 saturated heterocycles. The molecule has 0 radical (unpaired) electrons. The zero-order valence-electron chi connectivity index (χ0n) is 15.1. The second-order valence-electron chi connectivity index (χ2n) is 5.70. The topological polar surface area (TPSA) is 106 Å². The molecule has 2 rings (SSSR count). The predicted octanol–water partition coefficient (Wildman–Crippen LogP) is 4.78. The van der Waals surface area contributed by atoms with Crippen LogP contribution in [0.15, 0.2) is 46.9 Å². The molecule has 3 N–H and O–H groups in total. The molecule has 1 atom stereocenters. The van der Waals surface area contributed by atoms with Crippen molar-refractivity contribution in [3.8, 4) is 5.75 Å². The molecular weight excluding hydrogens is 543 g/mol. The molecule has 0 spiro atoms. The van der Waals surface area contributed by atoms with E-state index in [1.165, 1.54) is 25.3 Å². The zero-order chi connectivity index (χ0) is 22.5. The molecule has 2 aromatic carbocycles. The number of ether oxygens (including phenoxy) is 1. The molecule has 1 unspecified atom stereocenters. The first kappa shape index (κ1) is 24.4. The van der Waals surface area contributed by atoms with E-state index in [0.29, 0.717) is 15.8 Å². The number of anilines is 1. The summed E-state index contributed by atoms with van der Waals surface area (Å²) < 4.78 is 3.69. The highest BCUT2D eigenvalue weighted by atomic mass is 79.9. The number of alkyl halides is 3. The average Bonchev–Trinajstić information content (AvgIpc) is 2.66. The van der Waals surface area contributed by atoms with Crippen LogP contribution in [0.2, 0.25) is 0 Å². The molecule has 0 fully saturated rings. The summed E-state index contributed by atoms with van der Waals surface area (Å²) in [7, 11) is 1.39. The highest BCUT2D eigenvalue weighted by Crippen LogP contribution is 2.31. The second kappa shape index (κ2) is 10.5. The predicted molar refractivity (Wildman–Crippen MR) is 125 cm³/mol. The smallest absolute Gasteiger partial charge is 0.296 e. The van der Waals surface area contributed by atoms with E-state index in [4.69, 9.17) is 51.8 Å². The number of rotatable bonds is 6. The zero-order valence-corrected chi connectivity index (χ0v) is 19.8. The maximum atomic E-state index is 12.5. The highest BCUT2D eigenvalue weighted by Gasteiger charge is 2.35. The van der Waals surface area contributed by atoms with Gasteiger partial charge in [0.2, 0.25) is 3.79 Å². The van der Waals surface area contributed by atoms with E-state index < -0.39 is 20.8 Å². The lowest BCUT2D eigenvalue weighted by Crippen LogP contribution is -2.56. The van der Waals surface area contributed by atoms with Crippen LogP contribution in [0.3, 0.4) is 0 Å². The summed E-state index contributed by atoms with van der Waals surface area (Å²) >= 11 is 26.3. The number of nitrogens with one attached hydrogen (secondary N) is 3. The van der Waals surface area contributed by atoms with Crippen LogP contribution in [0.1, 0.15) is 10.4 Å². The summed E-state index contributed by atoms with van der Waals surface area (Å²) in [6.45, 7) is 0. The third-order valence-corrected chi connectivity index (χ3v) is 4.98. The molecule has 0 aliphatic rings. The van der Waals surface area contributed by atoms with Gasteiger partial charge in [0.15, 0.2) is 5.11 Å². The number of benzene rings is 2. The van der Waals surface area contributed by atoms with Gasteiger partial charge in [0.05, 0.1) is 18.1 Å². The standard InChI is InChI=1S/C17H14BrCl3N4O4S/c1-29-11-5-6-12(13(8-11)25(27)28)22-16(30)24-15(17(19,20)21)23-14(26)9-3-2-4-10(18)7-9/h2-8,15H,1H3,(H,23,26)(H2,22,24,30). The van der Waals surface area contributed by atoms with Crippen LogP contribution in [0.4, 0.5) is 11.4 Å². The van der Waals surface area contributed by atoms with Crippen LogP contribution < -0.4 is 20.7 Å². The number of methoxy groups -OCH3 is 1. The van der Waals surface area contributed by atoms with Gasteiger partial charge in [-0.1, -0.05) is 56.8 Å². The van der Waals surface area contributed by atoms with Gasteiger partial charge in [-0.05, 0) is 42.5 Å². The van der Waals surface area contributed by atoms with Crippen LogP contribution in [0, 0.1) is 10.1 Å². The number of carbonyl (C=O) groups is 1. The molecule has 0 aliphatic heterocycles. The van der Waals surface area contributed by atoms with Crippen molar-refractivity contribution < 1.29 is 14.5 Å². The number of hydrogen-bond acceptors (Lipinski definition) is 5. The fourth-order valence-corrected chi connectivity index (χ4v) is 3.18. The van der Waals surface area contributed by atoms with Gasteiger partial charge in [-0.3, -0.25) is 14.9 Å². The largest absolute Gasteiger partial charge is 0.496 e. The summed E-state index contributed by atoms with van der Waals surface area (Å²) in [5.74, 6) is -0.232. The molecule has 0 aliphatic carbocycles. The summed E-state index contributed by atoms with van der Waals surface area (Å²) in [5, 5.41) is 19.0. The third kappa shape index (κ3) is 6.85. The molecular formula is C17H14BrCl3N4O4S. The van der Waals surface area contributed by atoms with Crippen molar-refractivity contribution in [3.05, 3.63) is 62.6 Å². The monoisotopic (exact) mass is 554 g/mol. The van der Waals surface area contributed by atoms with Crippen LogP contribution in [0.25, 0.3) is 0 Å². The molecule has 1 amide bonds. The summed E-state index contributed by atoms with van der Waals surface area (Å²) in [6.07, 6.45) is -1.24. The van der Waals surface area contributed by atoms with Crippen LogP contribution >= 0.6 is 63.0 Å². The Hall–Kier alpha value is -1.85. The van der Waals surface area contributed by atoms with Crippen molar-refractivity contribution in [2.45, 2.75) is 9.96 Å². The minimum Gasteiger partial charge on any atom is -0.496 e. The molecule has 8 nitrogen and oxygen atoms in total. The number of halogens is 4. The summed E-state index contributed by atoms with van der Waals surface area (Å²) in [4.78, 5) is 23.2. The van der Waals surface area contributed by atoms with Gasteiger partial charge in [-0.15, -0.1) is 0 Å². The second-order valence-corrected chi connectivity index (χ2v) is 9.39. The van der Waals surface area contributed by atoms with E-state index in [0.717, 1.165) is 0 Å². The number of nitrogens with zero attached hydrogens (tertiary/aromatic N) is 1. The van der Waals surface area contributed by atoms with Gasteiger partial charge in [0.25, 0.3) is 11.6 Å². The Bertz CT molecular complexity index is 974. The van der Waals surface area contributed by atoms with Crippen molar-refractivity contribution in [1.29, 1.82) is 0 Å². The van der Waals surface area contributed by atoms with Gasteiger partial charge < -0.3 is 20.7 Å². The van der Waals surface area contributed by atoms with Gasteiger partial charge in [0.1, 0.15) is 17.6 Å². The fourth-order valence-electron chi connectivity index (χ4n) is 2.23. The SMILES string of the molecule is COc1ccc(NC(=S)NC(NC(=O)c2cccc(Br)c2)C(Cl)(Cl)Cl)c([N+](=O)[O-])c1. The lowest BCUT2D eigenvalue weighted by atomic mass is 10.2. The number of nitro benzene ring substituents is 1. The molecule has 30 heavy (non-hydrogen) atoms. The average molecular weight is 557 g/mol. The number of thiocarbonyl (C=S) groups is 1. The normalized spacial score (nSPS) is 11.9. The number of hydrogen-bond donors (Lipinski definition) is 3. The van der Waals surface area contributed by atoms with E-state index in [1.54, 1.807) is 24.3 Å². The van der Waals surface area contributed by atoms with Crippen molar-refractivity contribution in [2.75, 3.05) is 12.4 Å². The minimum absolute atomic E-state index is 0.0830. The molecule has 0 heterocycles. The third-order valence-electron chi connectivity index (χ3n) is 3.61. The lowest BCUT2D eigenvalue weighted by Gasteiger charge is -2.27. The van der Waals surface area contributed by atoms with Crippen LogP contribution in [0.5, 0.6) is 5.75 Å². The van der Waals surface area contributed by atoms with Crippen molar-refractivity contribution in [1.82, 2.24) is 10.6 Å². The van der Waals surface area contributed by atoms with Crippen molar-refractivity contribution in [2.24, 2.45) is 0 Å². The van der Waals surface area contributed by atoms with E-state index in [2.05, 4.69) is 31.9 Å². The Labute approximate surface area is 200 Å². The van der Waals surface area contributed by atoms with Gasteiger partial charge >= 0.3 is 0 Å². The van der Waals surface area contributed by atoms with Crippen molar-refractivity contribution >= 4 is 85.3 Å². The molecule has 160 valence electrons. The molecule has 0 saturated carbocycles. The first-order valence-corrected chi connectivity index (χ1v) is 10.4. The van der Waals surface area contributed by atoms with Gasteiger partial charge in [-0.25, -0.2) is 0 Å². The number of amides is 1. The first-order chi connectivity index (χ1) is 14.0. The summed E-state index contributed by atoms with van der Waals surface area (Å²) in [5.41, 5.74) is 0.122. The molecule has 0 aromatic heterocycles. The van der Waals surface area contributed by atoms with Gasteiger partial charge in [0, 0.05) is 10.0 Å². The van der Waals surface area contributed by atoms with Crippen LogP contribution in [-0.4, -0.2) is 33.0 Å². The van der Waals surface area contributed by atoms with E-state index in [9.17, 15) is 14.9 Å². The quantitative estimate of drug-likeness (QED) is 0.155. The number of carbonyl (C=O) groups excluding carboxylic acids is 1. The Morgan fingerprint density at radius 1 is 1.23 bits per heavy atom. The van der Waals surface area contributed by atoms with Gasteiger partial charge in [-0.2, -0.15) is 0 Å². The maximum Gasteiger partial charge on any atom is 0.296 e.